The molecule has 0 saturated heterocycles. The molecule has 8 aromatic carbocycles. The first-order valence-corrected chi connectivity index (χ1v) is 20.8. The molecule has 3 heterocycles. The summed E-state index contributed by atoms with van der Waals surface area (Å²) in [7, 11) is 0. The molecule has 1 aliphatic rings. The summed E-state index contributed by atoms with van der Waals surface area (Å²) in [6.45, 7) is 6.38. The monoisotopic (exact) mass is 993 g/mol. The van der Waals surface area contributed by atoms with Gasteiger partial charge < -0.3 is 19.1 Å². The van der Waals surface area contributed by atoms with Crippen molar-refractivity contribution in [3.05, 3.63) is 231 Å². The van der Waals surface area contributed by atoms with Crippen molar-refractivity contribution in [2.24, 2.45) is 0 Å². The molecule has 0 N–H and O–H groups in total. The zero-order valence-corrected chi connectivity index (χ0v) is 36.9. The van der Waals surface area contributed by atoms with E-state index >= 15 is 0 Å². The van der Waals surface area contributed by atoms with Gasteiger partial charge in [0, 0.05) is 56.2 Å². The second-order valence-electron chi connectivity index (χ2n) is 15.6. The summed E-state index contributed by atoms with van der Waals surface area (Å²) in [6, 6.07) is 68.6. The Balaban J connectivity index is 0.00000471. The van der Waals surface area contributed by atoms with Crippen LogP contribution in [0.5, 0.6) is 11.5 Å². The smallest absolute Gasteiger partial charge is 0.217 e. The Kier molecular flexibility index (Phi) is 10.6. The molecule has 11 rings (SSSR count). The molecule has 0 spiro atoms. The maximum Gasteiger partial charge on any atom is 0.217 e. The fourth-order valence-corrected chi connectivity index (χ4v) is 8.61. The van der Waals surface area contributed by atoms with Gasteiger partial charge in [0.15, 0.2) is 0 Å². The molecule has 0 radical (unpaired) electrons. The first kappa shape index (κ1) is 39.7. The van der Waals surface area contributed by atoms with Crippen LogP contribution in [0.15, 0.2) is 201 Å². The third-order valence-corrected chi connectivity index (χ3v) is 11.6. The molecule has 6 nitrogen and oxygen atoms in total. The summed E-state index contributed by atoms with van der Waals surface area (Å²) in [5.41, 5.74) is 14.0. The first-order valence-electron chi connectivity index (χ1n) is 20.8. The van der Waals surface area contributed by atoms with Crippen LogP contribution in [0.2, 0.25) is 0 Å². The van der Waals surface area contributed by atoms with Crippen LogP contribution in [-0.2, 0) is 21.1 Å². The molecule has 0 atom stereocenters. The largest absolute Gasteiger partial charge is 0.509 e. The van der Waals surface area contributed by atoms with Gasteiger partial charge in [-0.3, -0.25) is 4.57 Å². The van der Waals surface area contributed by atoms with Gasteiger partial charge in [-0.1, -0.05) is 133 Å². The Morgan fingerprint density at radius 3 is 1.79 bits per heavy atom. The van der Waals surface area contributed by atoms with E-state index < -0.39 is 0 Å². The van der Waals surface area contributed by atoms with Gasteiger partial charge in [0.1, 0.15) is 0 Å². The number of nitrogens with zero attached hydrogens (tertiary/aromatic N) is 5. The molecule has 0 amide bonds. The zero-order valence-electron chi connectivity index (χ0n) is 34.6. The standard InChI is InChI=1S/C56H40N5O.Pt/c1-39-15-14-16-40(2)55(39)60-28-27-57-56(60)61-53-24-13-12-23-51(53)52-26-25-49(37-54(52)61)62-50-35-46(43-21-10-5-11-22-43)34-48(36-50)59-30-29-58(38-59)47-32-44(41-17-6-3-7-18-41)31-45(33-47)42-19-8-4-9-20-42;/h3-35,38H,1-2H3;/q-3;. The number of hydrogen-bond donors (Lipinski definition) is 0. The van der Waals surface area contributed by atoms with Crippen molar-refractivity contribution in [3.8, 4) is 56.5 Å². The number of aromatic nitrogens is 3. The number of ether oxygens (including phenoxy) is 1. The number of aryl methyl sites for hydroxylation is 2. The van der Waals surface area contributed by atoms with E-state index in [0.717, 1.165) is 67.1 Å². The summed E-state index contributed by atoms with van der Waals surface area (Å²) in [4.78, 5) is 9.19. The number of hydrogen-bond acceptors (Lipinski definition) is 4. The molecular formula is C56H40N5OPt-3. The van der Waals surface area contributed by atoms with Crippen molar-refractivity contribution in [2.75, 3.05) is 9.80 Å². The quantitative estimate of drug-likeness (QED) is 0.135. The molecule has 63 heavy (non-hydrogen) atoms. The van der Waals surface area contributed by atoms with Gasteiger partial charge in [-0.25, -0.2) is 4.98 Å². The van der Waals surface area contributed by atoms with E-state index in [1.165, 1.54) is 22.3 Å². The summed E-state index contributed by atoms with van der Waals surface area (Å²) in [6.07, 6.45) is 8.05. The molecule has 2 aromatic heterocycles. The summed E-state index contributed by atoms with van der Waals surface area (Å²) in [5, 5.41) is 2.18. The van der Waals surface area contributed by atoms with Crippen molar-refractivity contribution in [2.45, 2.75) is 13.8 Å². The van der Waals surface area contributed by atoms with E-state index in [2.05, 4.69) is 222 Å². The van der Waals surface area contributed by atoms with Crippen molar-refractivity contribution < 1.29 is 25.8 Å². The second-order valence-corrected chi connectivity index (χ2v) is 15.6. The Morgan fingerprint density at radius 2 is 1.13 bits per heavy atom. The van der Waals surface area contributed by atoms with Crippen LogP contribution in [0.4, 0.5) is 11.4 Å². The van der Waals surface area contributed by atoms with Crippen molar-refractivity contribution in [1.82, 2.24) is 14.1 Å². The predicted octanol–water partition coefficient (Wildman–Crippen LogP) is 13.9. The van der Waals surface area contributed by atoms with Gasteiger partial charge in [0.25, 0.3) is 0 Å². The van der Waals surface area contributed by atoms with E-state index in [1.54, 1.807) is 0 Å². The summed E-state index contributed by atoms with van der Waals surface area (Å²) < 4.78 is 11.1. The van der Waals surface area contributed by atoms with Crippen LogP contribution < -0.4 is 14.5 Å². The molecule has 10 aromatic rings. The maximum absolute atomic E-state index is 6.78. The van der Waals surface area contributed by atoms with Crippen LogP contribution in [0, 0.1) is 32.6 Å². The topological polar surface area (TPSA) is 38.5 Å². The van der Waals surface area contributed by atoms with Gasteiger partial charge in [-0.05, 0) is 94.8 Å². The number of anilines is 2. The summed E-state index contributed by atoms with van der Waals surface area (Å²) >= 11 is 0. The van der Waals surface area contributed by atoms with Gasteiger partial charge in [0.2, 0.25) is 5.95 Å². The Labute approximate surface area is 381 Å². The Morgan fingerprint density at radius 1 is 0.524 bits per heavy atom. The van der Waals surface area contributed by atoms with E-state index in [0.29, 0.717) is 11.5 Å². The van der Waals surface area contributed by atoms with Crippen molar-refractivity contribution in [1.29, 1.82) is 0 Å². The van der Waals surface area contributed by atoms with E-state index in [-0.39, 0.29) is 21.1 Å². The number of benzene rings is 8. The normalized spacial score (nSPS) is 12.3. The van der Waals surface area contributed by atoms with Crippen LogP contribution in [0.25, 0.3) is 66.8 Å². The molecule has 0 fully saturated rings. The minimum atomic E-state index is 0. The second kappa shape index (κ2) is 16.8. The van der Waals surface area contributed by atoms with Gasteiger partial charge in [0.05, 0.1) is 5.69 Å². The number of rotatable bonds is 9. The van der Waals surface area contributed by atoms with E-state index in [4.69, 9.17) is 9.72 Å². The third-order valence-electron chi connectivity index (χ3n) is 11.6. The zero-order chi connectivity index (χ0) is 41.6. The number of fused-ring (bicyclic) bond motifs is 3. The molecule has 7 heteroatoms. The Bertz CT molecular complexity index is 3200. The van der Waals surface area contributed by atoms with Crippen LogP contribution in [0.3, 0.4) is 0 Å². The number of imidazole rings is 1. The average molecular weight is 994 g/mol. The fourth-order valence-electron chi connectivity index (χ4n) is 8.61. The molecule has 0 aliphatic carbocycles. The summed E-state index contributed by atoms with van der Waals surface area (Å²) in [5.74, 6) is 1.94. The molecule has 0 saturated carbocycles. The minimum Gasteiger partial charge on any atom is -0.509 e. The third kappa shape index (κ3) is 7.53. The molecule has 1 aliphatic heterocycles. The van der Waals surface area contributed by atoms with E-state index in [9.17, 15) is 0 Å². The SMILES string of the molecule is Cc1cccc(C)c1-n1ccnc1-n1c2[c-]c(Oc3[c-]c(N4C=CN(c5cc(-c6ccccc6)cc(-c6ccccc6)c5)[CH-]4)cc(-c4ccccc4)c3)ccc2c2ccccc21.[Pt]. The van der Waals surface area contributed by atoms with Crippen molar-refractivity contribution in [3.63, 3.8) is 0 Å². The van der Waals surface area contributed by atoms with Crippen molar-refractivity contribution >= 4 is 33.2 Å². The molecule has 308 valence electrons. The van der Waals surface area contributed by atoms with Gasteiger partial charge in [-0.2, -0.15) is 6.07 Å². The molecule has 0 bridgehead atoms. The fraction of sp³-hybridized carbons (Fsp3) is 0.0357. The van der Waals surface area contributed by atoms with Gasteiger partial charge >= 0.3 is 0 Å². The molecular weight excluding hydrogens is 954 g/mol. The number of para-hydroxylation sites is 2. The first-order chi connectivity index (χ1) is 30.5. The van der Waals surface area contributed by atoms with Crippen LogP contribution in [-0.4, -0.2) is 14.1 Å². The van der Waals surface area contributed by atoms with Crippen LogP contribution in [0.1, 0.15) is 11.1 Å². The van der Waals surface area contributed by atoms with Gasteiger partial charge in [-0.15, -0.1) is 53.6 Å². The minimum absolute atomic E-state index is 0. The average Bonchev–Trinajstić information content (AvgIpc) is 4.08. The predicted molar refractivity (Wildman–Crippen MR) is 253 cm³/mol. The maximum atomic E-state index is 6.78. The van der Waals surface area contributed by atoms with E-state index in [1.807, 2.05) is 30.6 Å². The Hall–Kier alpha value is -7.40. The molecule has 0 unspecified atom stereocenters. The van der Waals surface area contributed by atoms with Crippen LogP contribution >= 0.6 is 0 Å².